The number of hydrogen-bond acceptors (Lipinski definition) is 1. The summed E-state index contributed by atoms with van der Waals surface area (Å²) in [5.74, 6) is 0.327. The maximum Gasteiger partial charge on any atom is 0.123 e. The van der Waals surface area contributed by atoms with Gasteiger partial charge in [-0.15, -0.1) is 0 Å². The van der Waals surface area contributed by atoms with Crippen LogP contribution in [0, 0.1) is 5.92 Å². The Morgan fingerprint density at radius 1 is 0.519 bits per heavy atom. The highest BCUT2D eigenvalue weighted by atomic mass is 16.1. The third-order valence-electron chi connectivity index (χ3n) is 5.71. The zero-order chi connectivity index (χ0) is 19.8. The Balaban J connectivity index is 3.33. The number of hydrogen-bond donors (Lipinski definition) is 0. The van der Waals surface area contributed by atoms with Crippen LogP contribution in [0.4, 0.5) is 0 Å². The summed E-state index contributed by atoms with van der Waals surface area (Å²) in [5.41, 5.74) is 0. The molecular formula is C26H50O. The van der Waals surface area contributed by atoms with Crippen LogP contribution in [0.1, 0.15) is 142 Å². The van der Waals surface area contributed by atoms with E-state index < -0.39 is 0 Å². The Kier molecular flexibility index (Phi) is 22.9. The van der Waals surface area contributed by atoms with Crippen LogP contribution in [0.5, 0.6) is 0 Å². The van der Waals surface area contributed by atoms with Gasteiger partial charge in [-0.1, -0.05) is 116 Å². The molecule has 0 bridgehead atoms. The van der Waals surface area contributed by atoms with Gasteiger partial charge in [-0.25, -0.2) is 0 Å². The zero-order valence-electron chi connectivity index (χ0n) is 18.9. The van der Waals surface area contributed by atoms with Crippen molar-refractivity contribution in [3.8, 4) is 0 Å². The van der Waals surface area contributed by atoms with Gasteiger partial charge in [-0.05, 0) is 38.5 Å². The second-order valence-corrected chi connectivity index (χ2v) is 8.47. The van der Waals surface area contributed by atoms with Crippen molar-refractivity contribution in [1.82, 2.24) is 0 Å². The van der Waals surface area contributed by atoms with Crippen molar-refractivity contribution >= 4 is 6.29 Å². The van der Waals surface area contributed by atoms with E-state index in [9.17, 15) is 4.79 Å². The molecular weight excluding hydrogens is 328 g/mol. The van der Waals surface area contributed by atoms with Crippen LogP contribution >= 0.6 is 0 Å². The van der Waals surface area contributed by atoms with E-state index in [4.69, 9.17) is 0 Å². The van der Waals surface area contributed by atoms with Crippen molar-refractivity contribution in [2.24, 2.45) is 5.92 Å². The number of carbonyl (C=O) groups is 1. The lowest BCUT2D eigenvalue weighted by molar-refractivity contribution is -0.111. The van der Waals surface area contributed by atoms with E-state index in [-0.39, 0.29) is 0 Å². The average molecular weight is 379 g/mol. The Hall–Kier alpha value is -0.590. The molecule has 0 N–H and O–H groups in total. The smallest absolute Gasteiger partial charge is 0.123 e. The number of carbonyl (C=O) groups excluding carboxylic acids is 1. The second kappa shape index (κ2) is 23.4. The molecule has 0 aromatic rings. The molecule has 0 heterocycles. The van der Waals surface area contributed by atoms with E-state index in [1.165, 1.54) is 122 Å². The largest absolute Gasteiger partial charge is 0.303 e. The molecule has 1 atom stereocenters. The summed E-state index contributed by atoms with van der Waals surface area (Å²) in [4.78, 5) is 11.2. The summed E-state index contributed by atoms with van der Waals surface area (Å²) in [5, 5.41) is 0. The fraction of sp³-hybridized carbons (Fsp3) is 0.885. The molecule has 0 radical (unpaired) electrons. The maximum absolute atomic E-state index is 11.2. The quantitative estimate of drug-likeness (QED) is 0.104. The molecule has 0 saturated carbocycles. The third-order valence-corrected chi connectivity index (χ3v) is 5.71. The summed E-state index contributed by atoms with van der Waals surface area (Å²) in [6, 6.07) is 0. The summed E-state index contributed by atoms with van der Waals surface area (Å²) < 4.78 is 0. The van der Waals surface area contributed by atoms with E-state index in [0.29, 0.717) is 5.92 Å². The number of allylic oxidation sites excluding steroid dienone is 2. The lowest BCUT2D eigenvalue weighted by Crippen LogP contribution is -2.02. The molecule has 0 saturated heterocycles. The van der Waals surface area contributed by atoms with E-state index >= 15 is 0 Å². The van der Waals surface area contributed by atoms with Crippen LogP contribution in [-0.2, 0) is 4.79 Å². The third kappa shape index (κ3) is 21.6. The van der Waals surface area contributed by atoms with Crippen molar-refractivity contribution in [3.63, 3.8) is 0 Å². The monoisotopic (exact) mass is 378 g/mol. The van der Waals surface area contributed by atoms with Gasteiger partial charge in [-0.2, -0.15) is 0 Å². The minimum atomic E-state index is 0.327. The predicted molar refractivity (Wildman–Crippen MR) is 122 cm³/mol. The molecule has 0 aliphatic carbocycles. The molecule has 1 nitrogen and oxygen atoms in total. The first-order valence-electron chi connectivity index (χ1n) is 12.4. The molecule has 1 heteroatoms. The van der Waals surface area contributed by atoms with Crippen molar-refractivity contribution < 1.29 is 4.79 Å². The normalized spacial score (nSPS) is 12.7. The first kappa shape index (κ1) is 26.4. The number of rotatable bonds is 22. The molecule has 0 aromatic carbocycles. The molecule has 27 heavy (non-hydrogen) atoms. The highest BCUT2D eigenvalue weighted by Crippen LogP contribution is 2.17. The Labute approximate surface area is 171 Å². The van der Waals surface area contributed by atoms with Crippen molar-refractivity contribution in [2.45, 2.75) is 142 Å². The molecule has 160 valence electrons. The van der Waals surface area contributed by atoms with Crippen LogP contribution in [0.2, 0.25) is 0 Å². The summed E-state index contributed by atoms with van der Waals surface area (Å²) >= 11 is 0. The summed E-state index contributed by atoms with van der Waals surface area (Å²) in [7, 11) is 0. The molecule has 0 aliphatic heterocycles. The van der Waals surface area contributed by atoms with E-state index in [1.807, 2.05) is 0 Å². The lowest BCUT2D eigenvalue weighted by Gasteiger charge is -2.09. The SMILES string of the molecule is CCCCCCCC/C=C\CCCCCCC(C=O)CCCCCCCC. The Morgan fingerprint density at radius 3 is 1.30 bits per heavy atom. The molecule has 0 spiro atoms. The second-order valence-electron chi connectivity index (χ2n) is 8.47. The predicted octanol–water partition coefficient (Wildman–Crippen LogP) is 9.20. The van der Waals surface area contributed by atoms with E-state index in [0.717, 1.165) is 12.8 Å². The molecule has 0 rings (SSSR count). The molecule has 0 amide bonds. The molecule has 0 aliphatic rings. The van der Waals surface area contributed by atoms with Gasteiger partial charge in [0.1, 0.15) is 6.29 Å². The Morgan fingerprint density at radius 2 is 0.889 bits per heavy atom. The van der Waals surface area contributed by atoms with Gasteiger partial charge in [0.25, 0.3) is 0 Å². The van der Waals surface area contributed by atoms with Gasteiger partial charge >= 0.3 is 0 Å². The number of aldehydes is 1. The van der Waals surface area contributed by atoms with Gasteiger partial charge in [0, 0.05) is 5.92 Å². The van der Waals surface area contributed by atoms with Crippen molar-refractivity contribution in [3.05, 3.63) is 12.2 Å². The van der Waals surface area contributed by atoms with Gasteiger partial charge in [0.2, 0.25) is 0 Å². The first-order valence-corrected chi connectivity index (χ1v) is 12.4. The Bertz CT molecular complexity index is 307. The standard InChI is InChI=1S/C26H50O/c1-3-5-7-9-11-12-13-14-15-16-17-18-20-22-24-26(25-27)23-21-19-10-8-6-4-2/h14-15,25-26H,3-13,16-24H2,1-2H3/b15-14-. The first-order chi connectivity index (χ1) is 13.3. The average Bonchev–Trinajstić information content (AvgIpc) is 2.69. The summed E-state index contributed by atoms with van der Waals surface area (Å²) in [6.45, 7) is 4.54. The fourth-order valence-corrected chi connectivity index (χ4v) is 3.77. The van der Waals surface area contributed by atoms with Gasteiger partial charge < -0.3 is 4.79 Å². The topological polar surface area (TPSA) is 17.1 Å². The van der Waals surface area contributed by atoms with Crippen LogP contribution in [0.3, 0.4) is 0 Å². The molecule has 1 unspecified atom stereocenters. The van der Waals surface area contributed by atoms with E-state index in [1.54, 1.807) is 0 Å². The van der Waals surface area contributed by atoms with Crippen LogP contribution < -0.4 is 0 Å². The molecule has 0 aromatic heterocycles. The van der Waals surface area contributed by atoms with Gasteiger partial charge in [-0.3, -0.25) is 0 Å². The highest BCUT2D eigenvalue weighted by Gasteiger charge is 2.06. The highest BCUT2D eigenvalue weighted by molar-refractivity contribution is 5.53. The minimum absolute atomic E-state index is 0.327. The zero-order valence-corrected chi connectivity index (χ0v) is 18.9. The molecule has 0 fully saturated rings. The van der Waals surface area contributed by atoms with Crippen LogP contribution in [0.25, 0.3) is 0 Å². The summed E-state index contributed by atoms with van der Waals surface area (Å²) in [6.07, 6.45) is 32.2. The van der Waals surface area contributed by atoms with Crippen LogP contribution in [0.15, 0.2) is 12.2 Å². The van der Waals surface area contributed by atoms with E-state index in [2.05, 4.69) is 26.0 Å². The van der Waals surface area contributed by atoms with Crippen molar-refractivity contribution in [1.29, 1.82) is 0 Å². The fourth-order valence-electron chi connectivity index (χ4n) is 3.77. The van der Waals surface area contributed by atoms with Gasteiger partial charge in [0.15, 0.2) is 0 Å². The number of unbranched alkanes of at least 4 members (excludes halogenated alkanes) is 15. The van der Waals surface area contributed by atoms with Crippen molar-refractivity contribution in [2.75, 3.05) is 0 Å². The lowest BCUT2D eigenvalue weighted by atomic mass is 9.95. The van der Waals surface area contributed by atoms with Crippen LogP contribution in [-0.4, -0.2) is 6.29 Å². The van der Waals surface area contributed by atoms with Gasteiger partial charge in [0.05, 0.1) is 0 Å². The maximum atomic E-state index is 11.2. The minimum Gasteiger partial charge on any atom is -0.303 e.